The number of pyridine rings is 1. The summed E-state index contributed by atoms with van der Waals surface area (Å²) in [6, 6.07) is 3.56. The van der Waals surface area contributed by atoms with Crippen LogP contribution in [0.15, 0.2) is 29.0 Å². The molecular formula is C16H20N4O2. The first kappa shape index (κ1) is 14.7. The fourth-order valence-electron chi connectivity index (χ4n) is 2.78. The molecule has 0 spiro atoms. The van der Waals surface area contributed by atoms with Gasteiger partial charge in [-0.1, -0.05) is 5.16 Å². The summed E-state index contributed by atoms with van der Waals surface area (Å²) in [5.74, 6) is 0.910. The largest absolute Gasteiger partial charge is 0.361 e. The van der Waals surface area contributed by atoms with Crippen LogP contribution in [0.4, 0.5) is 0 Å². The molecule has 2 aromatic rings. The molecule has 3 rings (SSSR count). The second-order valence-corrected chi connectivity index (χ2v) is 5.92. The molecule has 0 fully saturated rings. The zero-order chi connectivity index (χ0) is 15.5. The van der Waals surface area contributed by atoms with Crippen LogP contribution in [0.5, 0.6) is 0 Å². The molecule has 1 N–H and O–H groups in total. The fraction of sp³-hybridized carbons (Fsp3) is 0.438. The summed E-state index contributed by atoms with van der Waals surface area (Å²) in [4.78, 5) is 18.2. The van der Waals surface area contributed by atoms with Crippen molar-refractivity contribution in [3.05, 3.63) is 47.1 Å². The van der Waals surface area contributed by atoms with Crippen LogP contribution in [0.1, 0.15) is 33.8 Å². The number of carbonyl (C=O) groups is 1. The molecule has 0 bridgehead atoms. The Morgan fingerprint density at radius 2 is 2.18 bits per heavy atom. The smallest absolute Gasteiger partial charge is 0.251 e. The van der Waals surface area contributed by atoms with Crippen molar-refractivity contribution in [3.8, 4) is 0 Å². The van der Waals surface area contributed by atoms with Crippen molar-refractivity contribution in [2.24, 2.45) is 0 Å². The minimum Gasteiger partial charge on any atom is -0.361 e. The van der Waals surface area contributed by atoms with Gasteiger partial charge in [0.2, 0.25) is 0 Å². The first-order chi connectivity index (χ1) is 10.6. The molecule has 116 valence electrons. The number of carbonyl (C=O) groups excluding carboxylic acids is 1. The Morgan fingerprint density at radius 1 is 1.41 bits per heavy atom. The number of amides is 1. The van der Waals surface area contributed by atoms with Crippen LogP contribution in [0.2, 0.25) is 0 Å². The lowest BCUT2D eigenvalue weighted by Gasteiger charge is -2.23. The van der Waals surface area contributed by atoms with Gasteiger partial charge < -0.3 is 14.7 Å². The third-order valence-electron chi connectivity index (χ3n) is 3.87. The SMILES string of the molecule is CN(C)Cc1noc2c1CC(NC(=O)c1ccncc1)CC2. The van der Waals surface area contributed by atoms with E-state index in [1.165, 1.54) is 0 Å². The third kappa shape index (κ3) is 3.17. The van der Waals surface area contributed by atoms with E-state index in [4.69, 9.17) is 4.52 Å². The molecule has 1 atom stereocenters. The molecule has 0 radical (unpaired) electrons. The summed E-state index contributed by atoms with van der Waals surface area (Å²) in [5.41, 5.74) is 2.77. The first-order valence-electron chi connectivity index (χ1n) is 7.45. The van der Waals surface area contributed by atoms with Crippen molar-refractivity contribution in [1.82, 2.24) is 20.4 Å². The summed E-state index contributed by atoms with van der Waals surface area (Å²) in [7, 11) is 4.01. The van der Waals surface area contributed by atoms with Crippen LogP contribution in [-0.4, -0.2) is 41.1 Å². The standard InChI is InChI=1S/C16H20N4O2/c1-20(2)10-14-13-9-12(3-4-15(13)22-19-14)18-16(21)11-5-7-17-8-6-11/h5-8,12H,3-4,9-10H2,1-2H3,(H,18,21). The van der Waals surface area contributed by atoms with Crippen LogP contribution in [0, 0.1) is 0 Å². The van der Waals surface area contributed by atoms with E-state index in [2.05, 4.69) is 20.4 Å². The highest BCUT2D eigenvalue weighted by molar-refractivity contribution is 5.94. The Hall–Kier alpha value is -2.21. The van der Waals surface area contributed by atoms with Gasteiger partial charge in [-0.15, -0.1) is 0 Å². The van der Waals surface area contributed by atoms with E-state index in [9.17, 15) is 4.79 Å². The Balaban J connectivity index is 1.69. The van der Waals surface area contributed by atoms with E-state index < -0.39 is 0 Å². The molecule has 0 saturated carbocycles. The molecule has 1 aliphatic rings. The molecule has 6 heteroatoms. The average Bonchev–Trinajstić information content (AvgIpc) is 2.90. The number of fused-ring (bicyclic) bond motifs is 1. The average molecular weight is 300 g/mol. The van der Waals surface area contributed by atoms with Gasteiger partial charge in [-0.25, -0.2) is 0 Å². The third-order valence-corrected chi connectivity index (χ3v) is 3.87. The number of aryl methyl sites for hydroxylation is 1. The Kier molecular flexibility index (Phi) is 4.20. The molecule has 0 saturated heterocycles. The monoisotopic (exact) mass is 300 g/mol. The zero-order valence-corrected chi connectivity index (χ0v) is 12.9. The molecule has 1 aliphatic carbocycles. The number of hydrogen-bond donors (Lipinski definition) is 1. The van der Waals surface area contributed by atoms with Crippen molar-refractivity contribution >= 4 is 5.91 Å². The van der Waals surface area contributed by atoms with Crippen molar-refractivity contribution in [3.63, 3.8) is 0 Å². The number of nitrogens with zero attached hydrogens (tertiary/aromatic N) is 3. The summed E-state index contributed by atoms with van der Waals surface area (Å²) >= 11 is 0. The Labute approximate surface area is 129 Å². The van der Waals surface area contributed by atoms with E-state index in [0.29, 0.717) is 5.56 Å². The van der Waals surface area contributed by atoms with Gasteiger partial charge >= 0.3 is 0 Å². The van der Waals surface area contributed by atoms with Gasteiger partial charge in [-0.3, -0.25) is 9.78 Å². The van der Waals surface area contributed by atoms with E-state index in [-0.39, 0.29) is 11.9 Å². The second kappa shape index (κ2) is 6.27. The van der Waals surface area contributed by atoms with Gasteiger partial charge in [0.15, 0.2) is 0 Å². The number of rotatable bonds is 4. The summed E-state index contributed by atoms with van der Waals surface area (Å²) in [6.07, 6.45) is 5.72. The Morgan fingerprint density at radius 3 is 2.91 bits per heavy atom. The van der Waals surface area contributed by atoms with E-state index in [1.54, 1.807) is 24.5 Å². The lowest BCUT2D eigenvalue weighted by Crippen LogP contribution is -2.39. The molecule has 6 nitrogen and oxygen atoms in total. The highest BCUT2D eigenvalue weighted by Crippen LogP contribution is 2.25. The topological polar surface area (TPSA) is 71.3 Å². The summed E-state index contributed by atoms with van der Waals surface area (Å²) < 4.78 is 5.43. The molecule has 0 aromatic carbocycles. The predicted octanol–water partition coefficient (Wildman–Crippen LogP) is 1.42. The Bertz CT molecular complexity index is 651. The summed E-state index contributed by atoms with van der Waals surface area (Å²) in [6.45, 7) is 0.754. The molecule has 2 aromatic heterocycles. The maximum atomic E-state index is 12.2. The quantitative estimate of drug-likeness (QED) is 0.924. The number of nitrogens with one attached hydrogen (secondary N) is 1. The van der Waals surface area contributed by atoms with E-state index >= 15 is 0 Å². The van der Waals surface area contributed by atoms with Gasteiger partial charge in [0.05, 0.1) is 0 Å². The van der Waals surface area contributed by atoms with Crippen LogP contribution in [0.25, 0.3) is 0 Å². The number of hydrogen-bond acceptors (Lipinski definition) is 5. The van der Waals surface area contributed by atoms with Crippen molar-refractivity contribution in [1.29, 1.82) is 0 Å². The molecule has 0 aliphatic heterocycles. The van der Waals surface area contributed by atoms with Crippen LogP contribution >= 0.6 is 0 Å². The van der Waals surface area contributed by atoms with Gasteiger partial charge in [-0.2, -0.15) is 0 Å². The molecule has 2 heterocycles. The van der Waals surface area contributed by atoms with E-state index in [0.717, 1.165) is 42.8 Å². The van der Waals surface area contributed by atoms with Crippen LogP contribution in [0.3, 0.4) is 0 Å². The summed E-state index contributed by atoms with van der Waals surface area (Å²) in [5, 5.41) is 7.27. The fourth-order valence-corrected chi connectivity index (χ4v) is 2.78. The predicted molar refractivity (Wildman–Crippen MR) is 81.4 cm³/mol. The first-order valence-corrected chi connectivity index (χ1v) is 7.45. The normalized spacial score (nSPS) is 17.3. The maximum absolute atomic E-state index is 12.2. The van der Waals surface area contributed by atoms with Crippen molar-refractivity contribution in [2.75, 3.05) is 14.1 Å². The maximum Gasteiger partial charge on any atom is 0.251 e. The zero-order valence-electron chi connectivity index (χ0n) is 12.9. The molecular weight excluding hydrogens is 280 g/mol. The second-order valence-electron chi connectivity index (χ2n) is 5.92. The van der Waals surface area contributed by atoms with Crippen molar-refractivity contribution < 1.29 is 9.32 Å². The highest BCUT2D eigenvalue weighted by Gasteiger charge is 2.27. The molecule has 22 heavy (non-hydrogen) atoms. The van der Waals surface area contributed by atoms with Gasteiger partial charge in [0.1, 0.15) is 11.5 Å². The lowest BCUT2D eigenvalue weighted by atomic mass is 9.91. The number of aromatic nitrogens is 2. The van der Waals surface area contributed by atoms with Gasteiger partial charge in [0.25, 0.3) is 5.91 Å². The highest BCUT2D eigenvalue weighted by atomic mass is 16.5. The lowest BCUT2D eigenvalue weighted by molar-refractivity contribution is 0.0932. The molecule has 1 amide bonds. The van der Waals surface area contributed by atoms with Crippen LogP contribution in [-0.2, 0) is 19.4 Å². The van der Waals surface area contributed by atoms with Crippen LogP contribution < -0.4 is 5.32 Å². The minimum atomic E-state index is -0.0542. The van der Waals surface area contributed by atoms with Gasteiger partial charge in [0, 0.05) is 42.5 Å². The minimum absolute atomic E-state index is 0.0542. The molecule has 1 unspecified atom stereocenters. The van der Waals surface area contributed by atoms with Crippen molar-refractivity contribution in [2.45, 2.75) is 31.8 Å². The van der Waals surface area contributed by atoms with Gasteiger partial charge in [-0.05, 0) is 39.1 Å². The van der Waals surface area contributed by atoms with E-state index in [1.807, 2.05) is 14.1 Å².